The topological polar surface area (TPSA) is 38.1 Å². The van der Waals surface area contributed by atoms with Crippen LogP contribution in [0, 0.1) is 6.92 Å². The molecule has 84 valence electrons. The van der Waals surface area contributed by atoms with Gasteiger partial charge in [0.05, 0.1) is 12.2 Å². The number of rotatable bonds is 4. The summed E-state index contributed by atoms with van der Waals surface area (Å²) in [5.74, 6) is 0.917. The number of hydrogen-bond donors (Lipinski definition) is 1. The molecule has 2 aromatic heterocycles. The largest absolute Gasteiger partial charge is 0.453 e. The van der Waals surface area contributed by atoms with Crippen LogP contribution >= 0.6 is 15.9 Å². The molecule has 1 N–H and O–H groups in total. The van der Waals surface area contributed by atoms with Gasteiger partial charge in [-0.25, -0.2) is 0 Å². The summed E-state index contributed by atoms with van der Waals surface area (Å²) in [6, 6.07) is 7.85. The second-order valence-electron chi connectivity index (χ2n) is 3.58. The third kappa shape index (κ3) is 2.93. The summed E-state index contributed by atoms with van der Waals surface area (Å²) in [6.07, 6.45) is 1.81. The van der Waals surface area contributed by atoms with E-state index in [0.717, 1.165) is 22.7 Å². The van der Waals surface area contributed by atoms with Crippen LogP contribution in [0.15, 0.2) is 39.5 Å². The van der Waals surface area contributed by atoms with Gasteiger partial charge in [0.25, 0.3) is 0 Å². The standard InChI is InChI=1S/C12H13BrN2O/c1-9-3-2-6-15-11(9)8-14-7-10-4-5-12(13)16-10/h2-6,14H,7-8H2,1H3. The number of furan rings is 1. The predicted molar refractivity (Wildman–Crippen MR) is 65.9 cm³/mol. The normalized spacial score (nSPS) is 10.6. The fourth-order valence-electron chi connectivity index (χ4n) is 1.45. The molecule has 0 unspecified atom stereocenters. The summed E-state index contributed by atoms with van der Waals surface area (Å²) in [7, 11) is 0. The van der Waals surface area contributed by atoms with Crippen molar-refractivity contribution in [3.8, 4) is 0 Å². The lowest BCUT2D eigenvalue weighted by molar-refractivity contribution is 0.464. The third-order valence-electron chi connectivity index (χ3n) is 2.34. The van der Waals surface area contributed by atoms with E-state index in [2.05, 4.69) is 39.2 Å². The lowest BCUT2D eigenvalue weighted by atomic mass is 10.2. The molecule has 2 heterocycles. The fraction of sp³-hybridized carbons (Fsp3) is 0.250. The van der Waals surface area contributed by atoms with E-state index in [9.17, 15) is 0 Å². The molecule has 0 aliphatic heterocycles. The molecular weight excluding hydrogens is 268 g/mol. The number of aryl methyl sites for hydroxylation is 1. The van der Waals surface area contributed by atoms with Crippen molar-refractivity contribution in [3.05, 3.63) is 52.1 Å². The van der Waals surface area contributed by atoms with Crippen molar-refractivity contribution in [2.45, 2.75) is 20.0 Å². The zero-order chi connectivity index (χ0) is 11.4. The summed E-state index contributed by atoms with van der Waals surface area (Å²) in [5, 5.41) is 3.30. The van der Waals surface area contributed by atoms with Gasteiger partial charge in [0, 0.05) is 12.7 Å². The van der Waals surface area contributed by atoms with Gasteiger partial charge in [-0.05, 0) is 46.6 Å². The Morgan fingerprint density at radius 2 is 2.19 bits per heavy atom. The SMILES string of the molecule is Cc1cccnc1CNCc1ccc(Br)o1. The van der Waals surface area contributed by atoms with Crippen molar-refractivity contribution in [2.75, 3.05) is 0 Å². The first-order valence-electron chi connectivity index (χ1n) is 5.11. The van der Waals surface area contributed by atoms with E-state index in [-0.39, 0.29) is 0 Å². The van der Waals surface area contributed by atoms with Gasteiger partial charge in [-0.2, -0.15) is 0 Å². The molecule has 4 heteroatoms. The van der Waals surface area contributed by atoms with E-state index in [1.807, 2.05) is 24.4 Å². The zero-order valence-electron chi connectivity index (χ0n) is 9.03. The van der Waals surface area contributed by atoms with Crippen molar-refractivity contribution >= 4 is 15.9 Å². The van der Waals surface area contributed by atoms with Crippen molar-refractivity contribution in [3.63, 3.8) is 0 Å². The Morgan fingerprint density at radius 3 is 2.88 bits per heavy atom. The van der Waals surface area contributed by atoms with Gasteiger partial charge in [0.15, 0.2) is 4.67 Å². The monoisotopic (exact) mass is 280 g/mol. The van der Waals surface area contributed by atoms with Gasteiger partial charge >= 0.3 is 0 Å². The molecule has 0 saturated carbocycles. The van der Waals surface area contributed by atoms with Crippen molar-refractivity contribution < 1.29 is 4.42 Å². The van der Waals surface area contributed by atoms with Crippen molar-refractivity contribution in [1.29, 1.82) is 0 Å². The highest BCUT2D eigenvalue weighted by atomic mass is 79.9. The minimum Gasteiger partial charge on any atom is -0.453 e. The Morgan fingerprint density at radius 1 is 1.31 bits per heavy atom. The number of hydrogen-bond acceptors (Lipinski definition) is 3. The van der Waals surface area contributed by atoms with Gasteiger partial charge in [-0.1, -0.05) is 6.07 Å². The molecule has 0 bridgehead atoms. The van der Waals surface area contributed by atoms with E-state index in [1.165, 1.54) is 5.56 Å². The average molecular weight is 281 g/mol. The van der Waals surface area contributed by atoms with Crippen LogP contribution in [0.4, 0.5) is 0 Å². The average Bonchev–Trinajstić information content (AvgIpc) is 2.67. The van der Waals surface area contributed by atoms with E-state index >= 15 is 0 Å². The molecule has 0 radical (unpaired) electrons. The van der Waals surface area contributed by atoms with Crippen molar-refractivity contribution in [1.82, 2.24) is 10.3 Å². The van der Waals surface area contributed by atoms with Crippen LogP contribution < -0.4 is 5.32 Å². The summed E-state index contributed by atoms with van der Waals surface area (Å²) in [6.45, 7) is 3.53. The molecule has 2 aromatic rings. The Balaban J connectivity index is 1.87. The van der Waals surface area contributed by atoms with E-state index < -0.39 is 0 Å². The Kier molecular flexibility index (Phi) is 3.74. The zero-order valence-corrected chi connectivity index (χ0v) is 10.6. The fourth-order valence-corrected chi connectivity index (χ4v) is 1.79. The molecule has 2 rings (SSSR count). The van der Waals surface area contributed by atoms with Crippen LogP contribution in [-0.4, -0.2) is 4.98 Å². The second-order valence-corrected chi connectivity index (χ2v) is 4.36. The van der Waals surface area contributed by atoms with Crippen LogP contribution in [0.2, 0.25) is 0 Å². The van der Waals surface area contributed by atoms with Gasteiger partial charge in [0.2, 0.25) is 0 Å². The molecule has 3 nitrogen and oxygen atoms in total. The second kappa shape index (κ2) is 5.27. The van der Waals surface area contributed by atoms with E-state index in [1.54, 1.807) is 0 Å². The van der Waals surface area contributed by atoms with Crippen LogP contribution in [0.1, 0.15) is 17.0 Å². The summed E-state index contributed by atoms with van der Waals surface area (Å²) >= 11 is 3.27. The minimum absolute atomic E-state index is 0.710. The maximum atomic E-state index is 5.39. The third-order valence-corrected chi connectivity index (χ3v) is 2.76. The first-order valence-corrected chi connectivity index (χ1v) is 5.90. The number of nitrogens with one attached hydrogen (secondary N) is 1. The Hall–Kier alpha value is -1.13. The van der Waals surface area contributed by atoms with E-state index in [0.29, 0.717) is 6.54 Å². The first-order chi connectivity index (χ1) is 7.75. The molecule has 0 amide bonds. The molecule has 0 aliphatic carbocycles. The molecule has 16 heavy (non-hydrogen) atoms. The number of aromatic nitrogens is 1. The highest BCUT2D eigenvalue weighted by molar-refractivity contribution is 9.10. The first kappa shape index (κ1) is 11.4. The Labute approximate surface area is 103 Å². The number of halogens is 1. The smallest absolute Gasteiger partial charge is 0.169 e. The maximum absolute atomic E-state index is 5.39. The van der Waals surface area contributed by atoms with Gasteiger partial charge < -0.3 is 9.73 Å². The lowest BCUT2D eigenvalue weighted by Gasteiger charge is -2.04. The predicted octanol–water partition coefficient (Wildman–Crippen LogP) is 3.04. The molecule has 0 aromatic carbocycles. The summed E-state index contributed by atoms with van der Waals surface area (Å²) in [4.78, 5) is 4.31. The van der Waals surface area contributed by atoms with Gasteiger partial charge in [-0.3, -0.25) is 4.98 Å². The lowest BCUT2D eigenvalue weighted by Crippen LogP contribution is -2.14. The summed E-state index contributed by atoms with van der Waals surface area (Å²) < 4.78 is 6.15. The van der Waals surface area contributed by atoms with Gasteiger partial charge in [0.1, 0.15) is 5.76 Å². The molecule has 0 saturated heterocycles. The van der Waals surface area contributed by atoms with Crippen LogP contribution in [0.5, 0.6) is 0 Å². The quantitative estimate of drug-likeness (QED) is 0.936. The summed E-state index contributed by atoms with van der Waals surface area (Å²) in [5.41, 5.74) is 2.28. The van der Waals surface area contributed by atoms with Crippen LogP contribution in [0.3, 0.4) is 0 Å². The highest BCUT2D eigenvalue weighted by Crippen LogP contribution is 2.13. The van der Waals surface area contributed by atoms with E-state index in [4.69, 9.17) is 4.42 Å². The molecule has 0 aliphatic rings. The van der Waals surface area contributed by atoms with Crippen LogP contribution in [0.25, 0.3) is 0 Å². The number of pyridine rings is 1. The minimum atomic E-state index is 0.710. The van der Waals surface area contributed by atoms with Crippen LogP contribution in [-0.2, 0) is 13.1 Å². The maximum Gasteiger partial charge on any atom is 0.169 e. The van der Waals surface area contributed by atoms with Crippen molar-refractivity contribution in [2.24, 2.45) is 0 Å². The van der Waals surface area contributed by atoms with Gasteiger partial charge in [-0.15, -0.1) is 0 Å². The Bertz CT molecular complexity index is 468. The molecule has 0 spiro atoms. The molecule has 0 atom stereocenters. The number of nitrogens with zero attached hydrogens (tertiary/aromatic N) is 1. The molecular formula is C12H13BrN2O. The highest BCUT2D eigenvalue weighted by Gasteiger charge is 2.01. The molecule has 0 fully saturated rings.